The molecular weight excluding hydrogens is 306 g/mol. The van der Waals surface area contributed by atoms with Gasteiger partial charge in [-0.05, 0) is 50.9 Å². The molecule has 2 aliphatic rings. The third kappa shape index (κ3) is 3.13. The average molecular weight is 328 g/mol. The van der Waals surface area contributed by atoms with E-state index in [0.29, 0.717) is 16.0 Å². The summed E-state index contributed by atoms with van der Waals surface area (Å²) < 4.78 is 25.5. The molecule has 21 heavy (non-hydrogen) atoms. The van der Waals surface area contributed by atoms with Crippen LogP contribution in [0.5, 0.6) is 0 Å². The van der Waals surface area contributed by atoms with Crippen LogP contribution in [0.25, 0.3) is 0 Å². The van der Waals surface area contributed by atoms with Crippen LogP contribution in [0.2, 0.25) is 5.02 Å². The fourth-order valence-electron chi connectivity index (χ4n) is 3.68. The lowest BCUT2D eigenvalue weighted by Gasteiger charge is -2.35. The number of nitrogens with zero attached hydrogens (tertiary/aromatic N) is 1. The van der Waals surface area contributed by atoms with Gasteiger partial charge in [0.05, 0.1) is 15.2 Å². The first-order valence-electron chi connectivity index (χ1n) is 7.81. The van der Waals surface area contributed by atoms with Crippen LogP contribution >= 0.6 is 11.6 Å². The van der Waals surface area contributed by atoms with E-state index in [-0.39, 0.29) is 5.25 Å². The van der Waals surface area contributed by atoms with E-state index in [2.05, 4.69) is 4.90 Å². The van der Waals surface area contributed by atoms with Gasteiger partial charge in [0.15, 0.2) is 9.84 Å². The molecule has 1 saturated carbocycles. The Morgan fingerprint density at radius 3 is 2.24 bits per heavy atom. The van der Waals surface area contributed by atoms with E-state index in [4.69, 9.17) is 11.6 Å². The first-order valence-corrected chi connectivity index (χ1v) is 9.74. The summed E-state index contributed by atoms with van der Waals surface area (Å²) in [5.74, 6) is 0. The summed E-state index contributed by atoms with van der Waals surface area (Å²) in [7, 11) is -3.30. The normalized spacial score (nSPS) is 22.7. The number of hydrogen-bond acceptors (Lipinski definition) is 3. The van der Waals surface area contributed by atoms with Crippen molar-refractivity contribution >= 4 is 21.4 Å². The number of hydrogen-bond donors (Lipinski definition) is 0. The second-order valence-corrected chi connectivity index (χ2v) is 8.75. The maximum Gasteiger partial charge on any atom is 0.182 e. The number of piperidine rings is 1. The molecule has 0 spiro atoms. The van der Waals surface area contributed by atoms with Crippen molar-refractivity contribution in [2.45, 2.75) is 54.7 Å². The summed E-state index contributed by atoms with van der Waals surface area (Å²) in [5, 5.41) is 0.0609. The summed E-state index contributed by atoms with van der Waals surface area (Å²) in [4.78, 5) is 2.79. The van der Waals surface area contributed by atoms with Crippen molar-refractivity contribution < 1.29 is 8.42 Å². The van der Waals surface area contributed by atoms with Gasteiger partial charge in [-0.3, -0.25) is 0 Å². The van der Waals surface area contributed by atoms with Crippen molar-refractivity contribution in [3.05, 3.63) is 29.3 Å². The van der Waals surface area contributed by atoms with Crippen LogP contribution < -0.4 is 0 Å². The van der Waals surface area contributed by atoms with Gasteiger partial charge in [0.1, 0.15) is 0 Å². The Labute approximate surface area is 132 Å². The summed E-state index contributed by atoms with van der Waals surface area (Å²) in [6.07, 6.45) is 6.66. The van der Waals surface area contributed by atoms with Crippen LogP contribution in [0.3, 0.4) is 0 Å². The van der Waals surface area contributed by atoms with Gasteiger partial charge < -0.3 is 4.90 Å². The minimum absolute atomic E-state index is 0.282. The van der Waals surface area contributed by atoms with E-state index >= 15 is 0 Å². The Balaban J connectivity index is 1.70. The molecule has 0 radical (unpaired) electrons. The average Bonchev–Trinajstić information content (AvgIpc) is 3.02. The second-order valence-electron chi connectivity index (χ2n) is 6.15. The molecule has 0 aromatic heterocycles. The topological polar surface area (TPSA) is 37.4 Å². The number of sulfone groups is 1. The lowest BCUT2D eigenvalue weighted by atomic mass is 10.1. The van der Waals surface area contributed by atoms with Gasteiger partial charge in [0, 0.05) is 6.04 Å². The predicted octanol–water partition coefficient (Wildman–Crippen LogP) is 3.52. The monoisotopic (exact) mass is 327 g/mol. The molecule has 0 amide bonds. The molecule has 1 saturated heterocycles. The van der Waals surface area contributed by atoms with Crippen LogP contribution in [0.4, 0.5) is 0 Å². The molecule has 3 nitrogen and oxygen atoms in total. The second kappa shape index (κ2) is 6.27. The van der Waals surface area contributed by atoms with Crippen molar-refractivity contribution in [3.8, 4) is 0 Å². The highest BCUT2D eigenvalue weighted by Gasteiger charge is 2.34. The molecule has 1 aliphatic carbocycles. The van der Waals surface area contributed by atoms with Crippen molar-refractivity contribution in [2.24, 2.45) is 0 Å². The maximum atomic E-state index is 12.7. The lowest BCUT2D eigenvalue weighted by molar-refractivity contribution is 0.166. The first-order chi connectivity index (χ1) is 10.1. The zero-order valence-electron chi connectivity index (χ0n) is 12.2. The molecule has 0 atom stereocenters. The molecule has 5 heteroatoms. The quantitative estimate of drug-likeness (QED) is 0.852. The summed E-state index contributed by atoms with van der Waals surface area (Å²) in [6.45, 7) is 1.80. The lowest BCUT2D eigenvalue weighted by Crippen LogP contribution is -2.43. The van der Waals surface area contributed by atoms with Crippen molar-refractivity contribution in [2.75, 3.05) is 13.1 Å². The van der Waals surface area contributed by atoms with E-state index in [1.807, 2.05) is 0 Å². The van der Waals surface area contributed by atoms with Gasteiger partial charge in [0.2, 0.25) is 0 Å². The molecule has 3 rings (SSSR count). The Hall–Kier alpha value is -0.580. The highest BCUT2D eigenvalue weighted by molar-refractivity contribution is 7.92. The number of rotatable bonds is 3. The number of likely N-dealkylation sites (tertiary alicyclic amines) is 1. The van der Waals surface area contributed by atoms with Crippen LogP contribution in [-0.4, -0.2) is 37.7 Å². The molecular formula is C16H22ClNO2S. The zero-order chi connectivity index (χ0) is 14.9. The Morgan fingerprint density at radius 1 is 1.00 bits per heavy atom. The SMILES string of the molecule is O=S(=O)(c1ccccc1Cl)C1CCN(C2CCCC2)CC1. The summed E-state index contributed by atoms with van der Waals surface area (Å²) in [5.41, 5.74) is 0. The Bertz CT molecular complexity index is 588. The maximum absolute atomic E-state index is 12.7. The van der Waals surface area contributed by atoms with Gasteiger partial charge >= 0.3 is 0 Å². The first kappa shape index (κ1) is 15.3. The molecule has 1 heterocycles. The van der Waals surface area contributed by atoms with Crippen molar-refractivity contribution in [3.63, 3.8) is 0 Å². The molecule has 1 aromatic carbocycles. The van der Waals surface area contributed by atoms with Crippen molar-refractivity contribution in [1.29, 1.82) is 0 Å². The van der Waals surface area contributed by atoms with Gasteiger partial charge in [-0.1, -0.05) is 36.6 Å². The van der Waals surface area contributed by atoms with E-state index < -0.39 is 9.84 Å². The standard InChI is InChI=1S/C16H22ClNO2S/c17-15-7-3-4-8-16(15)21(19,20)14-9-11-18(12-10-14)13-5-1-2-6-13/h3-4,7-8,13-14H,1-2,5-6,9-12H2. The summed E-state index contributed by atoms with van der Waals surface area (Å²) in [6, 6.07) is 7.48. The van der Waals surface area contributed by atoms with E-state index in [1.54, 1.807) is 24.3 Å². The smallest absolute Gasteiger partial charge is 0.182 e. The summed E-state index contributed by atoms with van der Waals surface area (Å²) >= 11 is 6.07. The fourth-order valence-corrected chi connectivity index (χ4v) is 5.93. The molecule has 0 bridgehead atoms. The van der Waals surface area contributed by atoms with Crippen LogP contribution in [0.15, 0.2) is 29.2 Å². The largest absolute Gasteiger partial charge is 0.300 e. The fraction of sp³-hybridized carbons (Fsp3) is 0.625. The van der Waals surface area contributed by atoms with Crippen LogP contribution in [0, 0.1) is 0 Å². The molecule has 0 N–H and O–H groups in total. The molecule has 116 valence electrons. The van der Waals surface area contributed by atoms with Gasteiger partial charge in [-0.25, -0.2) is 8.42 Å². The molecule has 2 fully saturated rings. The zero-order valence-corrected chi connectivity index (χ0v) is 13.7. The minimum Gasteiger partial charge on any atom is -0.300 e. The minimum atomic E-state index is -3.30. The molecule has 1 aliphatic heterocycles. The highest BCUT2D eigenvalue weighted by Crippen LogP contribution is 2.32. The third-order valence-electron chi connectivity index (χ3n) is 4.90. The number of benzene rings is 1. The van der Waals surface area contributed by atoms with Crippen LogP contribution in [-0.2, 0) is 9.84 Å². The van der Waals surface area contributed by atoms with Crippen LogP contribution in [0.1, 0.15) is 38.5 Å². The van der Waals surface area contributed by atoms with E-state index in [0.717, 1.165) is 25.9 Å². The van der Waals surface area contributed by atoms with Gasteiger partial charge in [0.25, 0.3) is 0 Å². The third-order valence-corrected chi connectivity index (χ3v) is 7.66. The Morgan fingerprint density at radius 2 is 1.62 bits per heavy atom. The Kier molecular flexibility index (Phi) is 4.57. The molecule has 0 unspecified atom stereocenters. The van der Waals surface area contributed by atoms with E-state index in [1.165, 1.54) is 25.7 Å². The highest BCUT2D eigenvalue weighted by atomic mass is 35.5. The van der Waals surface area contributed by atoms with Gasteiger partial charge in [-0.2, -0.15) is 0 Å². The van der Waals surface area contributed by atoms with E-state index in [9.17, 15) is 8.42 Å². The predicted molar refractivity (Wildman–Crippen MR) is 85.5 cm³/mol. The molecule has 1 aromatic rings. The van der Waals surface area contributed by atoms with Gasteiger partial charge in [-0.15, -0.1) is 0 Å². The number of halogens is 1. The van der Waals surface area contributed by atoms with Crippen molar-refractivity contribution in [1.82, 2.24) is 4.90 Å².